The number of anilines is 1. The molecular weight excluding hydrogens is 595 g/mol. The topological polar surface area (TPSA) is 124 Å². The van der Waals surface area contributed by atoms with E-state index in [2.05, 4.69) is 25.6 Å². The highest BCUT2D eigenvalue weighted by molar-refractivity contribution is 7.77. The van der Waals surface area contributed by atoms with E-state index in [1.807, 2.05) is 0 Å². The smallest absolute Gasteiger partial charge is 0.228 e. The Morgan fingerprint density at radius 1 is 1.02 bits per heavy atom. The first-order valence-corrected chi connectivity index (χ1v) is 14.0. The van der Waals surface area contributed by atoms with Crippen molar-refractivity contribution in [2.24, 2.45) is 0 Å². The number of aromatic nitrogens is 3. The first-order valence-electron chi connectivity index (χ1n) is 13.0. The van der Waals surface area contributed by atoms with Crippen LogP contribution in [0.25, 0.3) is 11.3 Å². The van der Waals surface area contributed by atoms with E-state index >= 15 is 8.78 Å². The summed E-state index contributed by atoms with van der Waals surface area (Å²) in [4.78, 5) is 12.8. The van der Waals surface area contributed by atoms with Crippen molar-refractivity contribution in [2.45, 2.75) is 31.6 Å². The molecular formula is C28H24F5N6O3S-. The second-order valence-electron chi connectivity index (χ2n) is 9.69. The van der Waals surface area contributed by atoms with Gasteiger partial charge in [0.25, 0.3) is 0 Å². The SMILES string of the molecule is Cc1c(Oc2ncccc2-c2ccnc(N[C@@H]3CNC[C@@H](F)C3)n2)cc(F)c(C(NS(=O)[O-])c2c(F)cccc2F)c1F. The van der Waals surface area contributed by atoms with Gasteiger partial charge in [-0.15, -0.1) is 0 Å². The Morgan fingerprint density at radius 2 is 1.79 bits per heavy atom. The maximum absolute atomic E-state index is 15.7. The van der Waals surface area contributed by atoms with Gasteiger partial charge in [0, 0.05) is 72.0 Å². The van der Waals surface area contributed by atoms with Gasteiger partial charge in [-0.2, -0.15) is 0 Å². The zero-order valence-electron chi connectivity index (χ0n) is 22.4. The first-order chi connectivity index (χ1) is 20.6. The van der Waals surface area contributed by atoms with Crippen molar-refractivity contribution >= 4 is 17.2 Å². The van der Waals surface area contributed by atoms with Crippen LogP contribution in [0.1, 0.15) is 29.2 Å². The first kappa shape index (κ1) is 30.4. The average molecular weight is 620 g/mol. The van der Waals surface area contributed by atoms with Crippen LogP contribution in [-0.4, -0.2) is 49.0 Å². The number of halogens is 5. The number of hydrogen-bond donors (Lipinski definition) is 3. The Labute approximate surface area is 245 Å². The quantitative estimate of drug-likeness (QED) is 0.181. The Balaban J connectivity index is 1.48. The van der Waals surface area contributed by atoms with Gasteiger partial charge in [-0.05, 0) is 37.3 Å². The van der Waals surface area contributed by atoms with Crippen molar-refractivity contribution in [2.75, 3.05) is 18.4 Å². The summed E-state index contributed by atoms with van der Waals surface area (Å²) in [5.41, 5.74) is -1.43. The molecule has 2 aromatic carbocycles. The molecule has 226 valence electrons. The molecule has 4 atom stereocenters. The molecule has 15 heteroatoms. The molecule has 1 fully saturated rings. The van der Waals surface area contributed by atoms with Crippen LogP contribution >= 0.6 is 0 Å². The second-order valence-corrected chi connectivity index (χ2v) is 10.4. The second kappa shape index (κ2) is 13.1. The molecule has 4 aromatic rings. The van der Waals surface area contributed by atoms with E-state index in [1.165, 1.54) is 19.3 Å². The Hall–Kier alpha value is -4.05. The van der Waals surface area contributed by atoms with E-state index in [0.717, 1.165) is 24.3 Å². The van der Waals surface area contributed by atoms with Crippen LogP contribution in [0.2, 0.25) is 0 Å². The van der Waals surface area contributed by atoms with Gasteiger partial charge in [0.1, 0.15) is 35.2 Å². The molecule has 3 heterocycles. The lowest BCUT2D eigenvalue weighted by Crippen LogP contribution is -2.44. The summed E-state index contributed by atoms with van der Waals surface area (Å²) in [6, 6.07) is 5.92. The van der Waals surface area contributed by atoms with E-state index in [-0.39, 0.29) is 42.1 Å². The van der Waals surface area contributed by atoms with Crippen LogP contribution in [0.15, 0.2) is 54.9 Å². The van der Waals surface area contributed by atoms with Gasteiger partial charge in [-0.25, -0.2) is 41.6 Å². The highest BCUT2D eigenvalue weighted by Gasteiger charge is 2.30. The van der Waals surface area contributed by atoms with Crippen molar-refractivity contribution in [3.05, 3.63) is 94.8 Å². The summed E-state index contributed by atoms with van der Waals surface area (Å²) in [7, 11) is 0. The van der Waals surface area contributed by atoms with Crippen LogP contribution in [0.5, 0.6) is 11.6 Å². The lowest BCUT2D eigenvalue weighted by atomic mass is 9.95. The number of piperidine rings is 1. The molecule has 0 amide bonds. The fourth-order valence-corrected chi connectivity index (χ4v) is 5.19. The molecule has 0 spiro atoms. The summed E-state index contributed by atoms with van der Waals surface area (Å²) >= 11 is -3.15. The third kappa shape index (κ3) is 6.80. The van der Waals surface area contributed by atoms with Crippen LogP contribution in [-0.2, 0) is 11.3 Å². The monoisotopic (exact) mass is 619 g/mol. The molecule has 2 aromatic heterocycles. The molecule has 1 saturated heterocycles. The maximum atomic E-state index is 15.7. The zero-order valence-corrected chi connectivity index (χ0v) is 23.2. The molecule has 0 radical (unpaired) electrons. The summed E-state index contributed by atoms with van der Waals surface area (Å²) < 4.78 is 105. The normalized spacial score (nSPS) is 18.2. The standard InChI is InChI=1S/C28H25F5N6O3S/c1-14-22(11-20(32)24(25(14)33)26(39-43(40)41)23-18(30)5-2-6-19(23)31)42-27-17(4-3-8-35-27)21-7-9-36-28(38-21)37-16-10-15(29)12-34-13-16/h2-9,11,15-16,26,34,39H,10,12-13H2,1H3,(H,40,41)(H,36,37,38)/p-1/t15-,16-,26?/m0/s1. The minimum Gasteiger partial charge on any atom is -0.760 e. The lowest BCUT2D eigenvalue weighted by molar-refractivity contribution is 0.254. The lowest BCUT2D eigenvalue weighted by Gasteiger charge is -2.26. The Morgan fingerprint density at radius 3 is 2.51 bits per heavy atom. The molecule has 0 aliphatic carbocycles. The molecule has 9 nitrogen and oxygen atoms in total. The summed E-state index contributed by atoms with van der Waals surface area (Å²) in [5.74, 6) is -5.23. The third-order valence-electron chi connectivity index (χ3n) is 6.78. The molecule has 1 aliphatic heterocycles. The van der Waals surface area contributed by atoms with E-state index in [1.54, 1.807) is 22.9 Å². The zero-order chi connectivity index (χ0) is 30.7. The number of pyridine rings is 1. The van der Waals surface area contributed by atoms with Crippen molar-refractivity contribution in [3.8, 4) is 22.9 Å². The fourth-order valence-electron chi connectivity index (χ4n) is 4.76. The number of hydrogen-bond acceptors (Lipinski definition) is 8. The summed E-state index contributed by atoms with van der Waals surface area (Å²) in [5, 5.41) is 6.06. The third-order valence-corrected chi connectivity index (χ3v) is 7.21. The molecule has 2 unspecified atom stereocenters. The van der Waals surface area contributed by atoms with Crippen LogP contribution in [0, 0.1) is 30.2 Å². The number of ether oxygens (including phenoxy) is 1. The summed E-state index contributed by atoms with van der Waals surface area (Å²) in [6.45, 7) is 2.01. The number of alkyl halides is 1. The van der Waals surface area contributed by atoms with Crippen LogP contribution < -0.4 is 20.1 Å². The van der Waals surface area contributed by atoms with Crippen LogP contribution in [0.4, 0.5) is 27.9 Å². The van der Waals surface area contributed by atoms with Crippen molar-refractivity contribution in [3.63, 3.8) is 0 Å². The van der Waals surface area contributed by atoms with Gasteiger partial charge in [0.05, 0.1) is 17.3 Å². The molecule has 0 bridgehead atoms. The number of rotatable bonds is 9. The van der Waals surface area contributed by atoms with E-state index < -0.39 is 57.9 Å². The predicted molar refractivity (Wildman–Crippen MR) is 146 cm³/mol. The van der Waals surface area contributed by atoms with Gasteiger partial charge in [-0.1, -0.05) is 6.07 Å². The number of benzene rings is 2. The van der Waals surface area contributed by atoms with Crippen molar-refractivity contribution in [1.29, 1.82) is 0 Å². The molecule has 1 aliphatic rings. The Bertz CT molecular complexity index is 1650. The predicted octanol–water partition coefficient (Wildman–Crippen LogP) is 4.78. The van der Waals surface area contributed by atoms with Gasteiger partial charge in [0.15, 0.2) is 0 Å². The highest BCUT2D eigenvalue weighted by atomic mass is 32.2. The minimum atomic E-state index is -3.15. The van der Waals surface area contributed by atoms with Gasteiger partial charge >= 0.3 is 0 Å². The van der Waals surface area contributed by atoms with Gasteiger partial charge in [0.2, 0.25) is 11.8 Å². The fraction of sp³-hybridized carbons (Fsp3) is 0.250. The molecule has 5 rings (SSSR count). The van der Waals surface area contributed by atoms with Crippen LogP contribution in [0.3, 0.4) is 0 Å². The van der Waals surface area contributed by atoms with Gasteiger partial charge in [-0.3, -0.25) is 4.21 Å². The van der Waals surface area contributed by atoms with Crippen molar-refractivity contribution in [1.82, 2.24) is 25.0 Å². The van der Waals surface area contributed by atoms with Crippen molar-refractivity contribution < 1.29 is 35.5 Å². The average Bonchev–Trinajstić information content (AvgIpc) is 2.96. The largest absolute Gasteiger partial charge is 0.760 e. The highest BCUT2D eigenvalue weighted by Crippen LogP contribution is 2.38. The minimum absolute atomic E-state index is 0.0829. The van der Waals surface area contributed by atoms with E-state index in [4.69, 9.17) is 4.74 Å². The molecule has 0 saturated carbocycles. The number of nitrogens with one attached hydrogen (secondary N) is 3. The van der Waals surface area contributed by atoms with Gasteiger partial charge < -0.3 is 19.9 Å². The van der Waals surface area contributed by atoms with E-state index in [0.29, 0.717) is 17.8 Å². The summed E-state index contributed by atoms with van der Waals surface area (Å²) in [6.07, 6.45) is 2.12. The number of nitrogens with zero attached hydrogens (tertiary/aromatic N) is 3. The molecule has 3 N–H and O–H groups in total. The van der Waals surface area contributed by atoms with E-state index in [9.17, 15) is 21.9 Å². The Kier molecular flexibility index (Phi) is 9.25. The maximum Gasteiger partial charge on any atom is 0.228 e. The molecule has 43 heavy (non-hydrogen) atoms.